The fraction of sp³-hybridized carbons (Fsp3) is 0.300. The molecule has 0 bridgehead atoms. The number of nitriles is 1. The third kappa shape index (κ3) is 1.03. The van der Waals surface area contributed by atoms with E-state index in [0.29, 0.717) is 18.4 Å². The molecular weight excluding hydrogens is 166 g/mol. The van der Waals surface area contributed by atoms with Gasteiger partial charge < -0.3 is 10.2 Å². The van der Waals surface area contributed by atoms with Crippen molar-refractivity contribution in [3.8, 4) is 17.6 Å². The van der Waals surface area contributed by atoms with Gasteiger partial charge in [-0.3, -0.25) is 0 Å². The molecule has 1 aliphatic carbocycles. The van der Waals surface area contributed by atoms with Gasteiger partial charge >= 0.3 is 0 Å². The van der Waals surface area contributed by atoms with Gasteiger partial charge in [0.2, 0.25) is 0 Å². The number of benzene rings is 1. The Labute approximate surface area is 75.9 Å². The van der Waals surface area contributed by atoms with Crippen molar-refractivity contribution in [2.75, 3.05) is 0 Å². The van der Waals surface area contributed by atoms with Crippen LogP contribution in [0, 0.1) is 11.3 Å². The Morgan fingerprint density at radius 2 is 1.77 bits per heavy atom. The highest BCUT2D eigenvalue weighted by molar-refractivity contribution is 5.54. The SMILES string of the molecule is N#CC1(c2c(O)cccc2O)CC1. The van der Waals surface area contributed by atoms with E-state index in [1.165, 1.54) is 12.1 Å². The maximum absolute atomic E-state index is 9.49. The second-order valence-electron chi connectivity index (χ2n) is 3.37. The summed E-state index contributed by atoms with van der Waals surface area (Å²) in [5.41, 5.74) is -0.243. The molecule has 1 fully saturated rings. The van der Waals surface area contributed by atoms with Crippen molar-refractivity contribution in [2.45, 2.75) is 18.3 Å². The van der Waals surface area contributed by atoms with Gasteiger partial charge in [-0.05, 0) is 25.0 Å². The van der Waals surface area contributed by atoms with Gasteiger partial charge in [0.1, 0.15) is 11.5 Å². The molecule has 3 heteroatoms. The second-order valence-corrected chi connectivity index (χ2v) is 3.37. The van der Waals surface area contributed by atoms with Gasteiger partial charge in [-0.1, -0.05) is 6.07 Å². The highest BCUT2D eigenvalue weighted by Crippen LogP contribution is 2.53. The highest BCUT2D eigenvalue weighted by atomic mass is 16.3. The third-order valence-corrected chi connectivity index (χ3v) is 2.46. The fourth-order valence-corrected chi connectivity index (χ4v) is 1.56. The molecule has 0 unspecified atom stereocenters. The quantitative estimate of drug-likeness (QED) is 0.682. The van der Waals surface area contributed by atoms with E-state index >= 15 is 0 Å². The first-order chi connectivity index (χ1) is 6.19. The Morgan fingerprint density at radius 3 is 2.15 bits per heavy atom. The van der Waals surface area contributed by atoms with E-state index < -0.39 is 5.41 Å². The van der Waals surface area contributed by atoms with Crippen molar-refractivity contribution >= 4 is 0 Å². The normalized spacial score (nSPS) is 17.8. The first kappa shape index (κ1) is 7.93. The Kier molecular flexibility index (Phi) is 1.46. The number of aromatic hydroxyl groups is 2. The van der Waals surface area contributed by atoms with Crippen LogP contribution in [-0.2, 0) is 5.41 Å². The Hall–Kier alpha value is -1.69. The summed E-state index contributed by atoms with van der Waals surface area (Å²) in [5.74, 6) is 0.0260. The maximum Gasteiger partial charge on any atom is 0.124 e. The number of rotatable bonds is 1. The molecule has 0 radical (unpaired) electrons. The van der Waals surface area contributed by atoms with Crippen molar-refractivity contribution in [2.24, 2.45) is 0 Å². The van der Waals surface area contributed by atoms with Gasteiger partial charge in [-0.15, -0.1) is 0 Å². The van der Waals surface area contributed by atoms with Crippen molar-refractivity contribution in [1.82, 2.24) is 0 Å². The minimum atomic E-state index is -0.630. The Balaban J connectivity index is 2.58. The number of nitrogens with zero attached hydrogens (tertiary/aromatic N) is 1. The summed E-state index contributed by atoms with van der Waals surface area (Å²) in [4.78, 5) is 0. The van der Waals surface area contributed by atoms with Crippen LogP contribution in [-0.4, -0.2) is 10.2 Å². The number of hydrogen-bond acceptors (Lipinski definition) is 3. The van der Waals surface area contributed by atoms with E-state index in [2.05, 4.69) is 6.07 Å². The topological polar surface area (TPSA) is 64.2 Å². The standard InChI is InChI=1S/C10H9NO2/c11-6-10(4-5-10)9-7(12)2-1-3-8(9)13/h1-3,12-13H,4-5H2. The average molecular weight is 175 g/mol. The summed E-state index contributed by atoms with van der Waals surface area (Å²) in [7, 11) is 0. The fourth-order valence-electron chi connectivity index (χ4n) is 1.56. The van der Waals surface area contributed by atoms with Crippen LogP contribution in [0.5, 0.6) is 11.5 Å². The minimum Gasteiger partial charge on any atom is -0.507 e. The van der Waals surface area contributed by atoms with Crippen LogP contribution in [0.4, 0.5) is 0 Å². The zero-order valence-electron chi connectivity index (χ0n) is 6.99. The van der Waals surface area contributed by atoms with Gasteiger partial charge in [0.15, 0.2) is 0 Å². The first-order valence-electron chi connectivity index (χ1n) is 4.12. The molecule has 0 saturated heterocycles. The summed E-state index contributed by atoms with van der Waals surface area (Å²) >= 11 is 0. The molecule has 1 aromatic rings. The number of hydrogen-bond donors (Lipinski definition) is 2. The van der Waals surface area contributed by atoms with E-state index in [4.69, 9.17) is 5.26 Å². The largest absolute Gasteiger partial charge is 0.507 e. The molecule has 0 spiro atoms. The van der Waals surface area contributed by atoms with Crippen molar-refractivity contribution < 1.29 is 10.2 Å². The summed E-state index contributed by atoms with van der Waals surface area (Å²) < 4.78 is 0. The lowest BCUT2D eigenvalue weighted by atomic mass is 9.96. The summed E-state index contributed by atoms with van der Waals surface area (Å²) in [6, 6.07) is 6.67. The zero-order valence-corrected chi connectivity index (χ0v) is 6.99. The molecule has 1 saturated carbocycles. The number of phenols is 2. The van der Waals surface area contributed by atoms with E-state index in [1.807, 2.05) is 0 Å². The van der Waals surface area contributed by atoms with E-state index in [1.54, 1.807) is 6.07 Å². The van der Waals surface area contributed by atoms with Gasteiger partial charge in [0, 0.05) is 0 Å². The molecule has 0 atom stereocenters. The average Bonchev–Trinajstić information content (AvgIpc) is 2.85. The zero-order chi connectivity index (χ0) is 9.47. The van der Waals surface area contributed by atoms with Crippen molar-refractivity contribution in [3.63, 3.8) is 0 Å². The lowest BCUT2D eigenvalue weighted by Crippen LogP contribution is -2.02. The van der Waals surface area contributed by atoms with Crippen LogP contribution >= 0.6 is 0 Å². The summed E-state index contributed by atoms with van der Waals surface area (Å²) in [6.45, 7) is 0. The van der Waals surface area contributed by atoms with Crippen LogP contribution in [0.3, 0.4) is 0 Å². The minimum absolute atomic E-state index is 0.0130. The molecule has 2 N–H and O–H groups in total. The lowest BCUT2D eigenvalue weighted by molar-refractivity contribution is 0.433. The molecule has 0 heterocycles. The van der Waals surface area contributed by atoms with Gasteiger partial charge in [-0.25, -0.2) is 0 Å². The van der Waals surface area contributed by atoms with E-state index in [0.717, 1.165) is 0 Å². The number of phenolic OH excluding ortho intramolecular Hbond substituents is 2. The monoisotopic (exact) mass is 175 g/mol. The highest BCUT2D eigenvalue weighted by Gasteiger charge is 2.48. The molecule has 3 nitrogen and oxygen atoms in total. The van der Waals surface area contributed by atoms with Gasteiger partial charge in [0.25, 0.3) is 0 Å². The van der Waals surface area contributed by atoms with E-state index in [-0.39, 0.29) is 11.5 Å². The van der Waals surface area contributed by atoms with Crippen LogP contribution in [0.2, 0.25) is 0 Å². The molecular formula is C10H9NO2. The molecule has 0 aromatic heterocycles. The van der Waals surface area contributed by atoms with E-state index in [9.17, 15) is 10.2 Å². The molecule has 0 aliphatic heterocycles. The van der Waals surface area contributed by atoms with Crippen LogP contribution in [0.15, 0.2) is 18.2 Å². The van der Waals surface area contributed by atoms with Crippen LogP contribution in [0.1, 0.15) is 18.4 Å². The molecule has 66 valence electrons. The van der Waals surface area contributed by atoms with Crippen molar-refractivity contribution in [1.29, 1.82) is 5.26 Å². The molecule has 1 aliphatic rings. The second kappa shape index (κ2) is 2.40. The predicted octanol–water partition coefficient (Wildman–Crippen LogP) is 1.65. The Bertz CT molecular complexity index is 368. The van der Waals surface area contributed by atoms with Crippen LogP contribution < -0.4 is 0 Å². The van der Waals surface area contributed by atoms with Gasteiger partial charge in [0.05, 0.1) is 17.0 Å². The smallest absolute Gasteiger partial charge is 0.124 e. The predicted molar refractivity (Wildman–Crippen MR) is 46.3 cm³/mol. The van der Waals surface area contributed by atoms with Crippen LogP contribution in [0.25, 0.3) is 0 Å². The molecule has 2 rings (SSSR count). The first-order valence-corrected chi connectivity index (χ1v) is 4.12. The molecule has 0 amide bonds. The summed E-state index contributed by atoms with van der Waals surface area (Å²) in [6.07, 6.45) is 1.43. The van der Waals surface area contributed by atoms with Crippen molar-refractivity contribution in [3.05, 3.63) is 23.8 Å². The molecule has 13 heavy (non-hydrogen) atoms. The summed E-state index contributed by atoms with van der Waals surface area (Å²) in [5, 5.41) is 27.9. The lowest BCUT2D eigenvalue weighted by Gasteiger charge is -2.10. The molecule has 1 aromatic carbocycles. The van der Waals surface area contributed by atoms with Gasteiger partial charge in [-0.2, -0.15) is 5.26 Å². The Morgan fingerprint density at radius 1 is 1.23 bits per heavy atom. The maximum atomic E-state index is 9.49. The third-order valence-electron chi connectivity index (χ3n) is 2.46.